The van der Waals surface area contributed by atoms with E-state index in [4.69, 9.17) is 9.47 Å². The Bertz CT molecular complexity index is 761. The first-order valence-corrected chi connectivity index (χ1v) is 10.7. The van der Waals surface area contributed by atoms with Gasteiger partial charge in [-0.1, -0.05) is 44.0 Å². The van der Waals surface area contributed by atoms with Crippen LogP contribution in [0.15, 0.2) is 45.3 Å². The average molecular weight is 480 g/mol. The standard InChI is InChI=1S/C22H24Br2O2/c1-25-9-7-21(8-10-26-2)13-22(14-21)19-11-15(23)3-5-17(19)18-6-4-16(24)12-20(18)22/h3-6,11-12H,7-10,13-14H2,1-2H3. The number of ether oxygens (including phenoxy) is 2. The molecule has 0 saturated heterocycles. The van der Waals surface area contributed by atoms with Crippen LogP contribution in [0.1, 0.15) is 36.8 Å². The summed E-state index contributed by atoms with van der Waals surface area (Å²) in [4.78, 5) is 0. The van der Waals surface area contributed by atoms with Crippen LogP contribution < -0.4 is 0 Å². The quantitative estimate of drug-likeness (QED) is 0.481. The summed E-state index contributed by atoms with van der Waals surface area (Å²) in [7, 11) is 3.60. The fraction of sp³-hybridized carbons (Fsp3) is 0.455. The van der Waals surface area contributed by atoms with Crippen molar-refractivity contribution in [3.63, 3.8) is 0 Å². The maximum Gasteiger partial charge on any atom is 0.0467 e. The number of rotatable bonds is 6. The van der Waals surface area contributed by atoms with Crippen molar-refractivity contribution in [3.8, 4) is 11.1 Å². The van der Waals surface area contributed by atoms with Crippen LogP contribution in [0.2, 0.25) is 0 Å². The maximum absolute atomic E-state index is 5.43. The summed E-state index contributed by atoms with van der Waals surface area (Å²) >= 11 is 7.38. The van der Waals surface area contributed by atoms with Crippen LogP contribution in [-0.4, -0.2) is 27.4 Å². The molecule has 0 aromatic heterocycles. The van der Waals surface area contributed by atoms with Crippen molar-refractivity contribution >= 4 is 31.9 Å². The zero-order chi connectivity index (χ0) is 18.4. The van der Waals surface area contributed by atoms with Gasteiger partial charge in [-0.2, -0.15) is 0 Å². The van der Waals surface area contributed by atoms with Crippen LogP contribution in [0.3, 0.4) is 0 Å². The Morgan fingerprint density at radius 2 is 1.27 bits per heavy atom. The van der Waals surface area contributed by atoms with E-state index in [-0.39, 0.29) is 5.41 Å². The number of methoxy groups -OCH3 is 2. The summed E-state index contributed by atoms with van der Waals surface area (Å²) < 4.78 is 13.2. The van der Waals surface area contributed by atoms with E-state index in [1.807, 2.05) is 0 Å². The van der Waals surface area contributed by atoms with Crippen molar-refractivity contribution in [2.24, 2.45) is 5.41 Å². The fourth-order valence-electron chi connectivity index (χ4n) is 5.16. The highest BCUT2D eigenvalue weighted by Crippen LogP contribution is 2.67. The Morgan fingerprint density at radius 1 is 0.808 bits per heavy atom. The Hall–Kier alpha value is -0.680. The first kappa shape index (κ1) is 18.7. The summed E-state index contributed by atoms with van der Waals surface area (Å²) in [5.74, 6) is 0. The second kappa shape index (κ2) is 7.05. The molecule has 0 radical (unpaired) electrons. The van der Waals surface area contributed by atoms with Gasteiger partial charge in [-0.05, 0) is 77.6 Å². The minimum absolute atomic E-state index is 0.125. The zero-order valence-electron chi connectivity index (χ0n) is 15.3. The van der Waals surface area contributed by atoms with Gasteiger partial charge in [0, 0.05) is 41.8 Å². The zero-order valence-corrected chi connectivity index (χ0v) is 18.5. The van der Waals surface area contributed by atoms with Gasteiger partial charge in [0.05, 0.1) is 0 Å². The van der Waals surface area contributed by atoms with Gasteiger partial charge in [-0.3, -0.25) is 0 Å². The Balaban J connectivity index is 1.77. The summed E-state index contributed by atoms with van der Waals surface area (Å²) in [6.45, 7) is 1.63. The molecule has 2 aliphatic rings. The molecule has 1 fully saturated rings. The van der Waals surface area contributed by atoms with Crippen molar-refractivity contribution in [2.45, 2.75) is 31.1 Å². The van der Waals surface area contributed by atoms with Crippen molar-refractivity contribution in [2.75, 3.05) is 27.4 Å². The number of benzene rings is 2. The van der Waals surface area contributed by atoms with Crippen molar-refractivity contribution in [1.82, 2.24) is 0 Å². The second-order valence-electron chi connectivity index (χ2n) is 7.80. The molecule has 0 N–H and O–H groups in total. The molecule has 0 heterocycles. The summed E-state index contributed by atoms with van der Waals surface area (Å²) in [5, 5.41) is 0. The van der Waals surface area contributed by atoms with E-state index < -0.39 is 0 Å². The van der Waals surface area contributed by atoms with Crippen LogP contribution in [0, 0.1) is 5.41 Å². The molecular weight excluding hydrogens is 456 g/mol. The summed E-state index contributed by atoms with van der Waals surface area (Å²) in [6.07, 6.45) is 4.53. The number of fused-ring (bicyclic) bond motifs is 5. The molecule has 0 bridgehead atoms. The highest BCUT2D eigenvalue weighted by molar-refractivity contribution is 9.10. The molecule has 2 aromatic rings. The van der Waals surface area contributed by atoms with E-state index in [9.17, 15) is 0 Å². The number of hydrogen-bond donors (Lipinski definition) is 0. The van der Waals surface area contributed by atoms with Gasteiger partial charge in [0.25, 0.3) is 0 Å². The largest absolute Gasteiger partial charge is 0.385 e. The van der Waals surface area contributed by atoms with Crippen LogP contribution >= 0.6 is 31.9 Å². The third-order valence-corrected chi connectivity index (χ3v) is 7.30. The average Bonchev–Trinajstić information content (AvgIpc) is 2.86. The van der Waals surface area contributed by atoms with Gasteiger partial charge in [0.2, 0.25) is 0 Å². The van der Waals surface area contributed by atoms with Gasteiger partial charge in [-0.15, -0.1) is 0 Å². The minimum Gasteiger partial charge on any atom is -0.385 e. The Morgan fingerprint density at radius 3 is 1.69 bits per heavy atom. The predicted molar refractivity (Wildman–Crippen MR) is 113 cm³/mol. The number of hydrogen-bond acceptors (Lipinski definition) is 2. The van der Waals surface area contributed by atoms with Crippen LogP contribution in [0.25, 0.3) is 11.1 Å². The number of halogens is 2. The second-order valence-corrected chi connectivity index (χ2v) is 9.63. The summed E-state index contributed by atoms with van der Waals surface area (Å²) in [5.41, 5.74) is 6.16. The lowest BCUT2D eigenvalue weighted by molar-refractivity contribution is -0.0114. The SMILES string of the molecule is COCCC1(CCOC)CC2(C1)c1cc(Br)ccc1-c1ccc(Br)cc12. The molecule has 26 heavy (non-hydrogen) atoms. The molecule has 4 rings (SSSR count). The van der Waals surface area contributed by atoms with E-state index in [0.717, 1.165) is 35.0 Å². The van der Waals surface area contributed by atoms with Crippen molar-refractivity contribution in [3.05, 3.63) is 56.5 Å². The molecule has 4 heteroatoms. The maximum atomic E-state index is 5.43. The molecule has 0 unspecified atom stereocenters. The van der Waals surface area contributed by atoms with E-state index in [0.29, 0.717) is 5.41 Å². The first-order valence-electron chi connectivity index (χ1n) is 9.12. The normalized spacial score (nSPS) is 18.5. The molecule has 138 valence electrons. The third-order valence-electron chi connectivity index (χ3n) is 6.31. The van der Waals surface area contributed by atoms with Crippen LogP contribution in [-0.2, 0) is 14.9 Å². The highest BCUT2D eigenvalue weighted by Gasteiger charge is 2.58. The van der Waals surface area contributed by atoms with Crippen LogP contribution in [0.4, 0.5) is 0 Å². The molecule has 0 amide bonds. The van der Waals surface area contributed by atoms with E-state index in [1.54, 1.807) is 14.2 Å². The molecule has 1 saturated carbocycles. The molecular formula is C22H24Br2O2. The lowest BCUT2D eigenvalue weighted by Gasteiger charge is -2.56. The molecule has 2 nitrogen and oxygen atoms in total. The van der Waals surface area contributed by atoms with E-state index >= 15 is 0 Å². The van der Waals surface area contributed by atoms with E-state index in [2.05, 4.69) is 68.3 Å². The molecule has 1 spiro atoms. The highest BCUT2D eigenvalue weighted by atomic mass is 79.9. The van der Waals surface area contributed by atoms with Crippen molar-refractivity contribution in [1.29, 1.82) is 0 Å². The monoisotopic (exact) mass is 478 g/mol. The lowest BCUT2D eigenvalue weighted by atomic mass is 9.47. The van der Waals surface area contributed by atoms with E-state index in [1.165, 1.54) is 35.1 Å². The lowest BCUT2D eigenvalue weighted by Crippen LogP contribution is -2.50. The molecule has 2 aromatic carbocycles. The van der Waals surface area contributed by atoms with Gasteiger partial charge < -0.3 is 9.47 Å². The molecule has 0 atom stereocenters. The van der Waals surface area contributed by atoms with Gasteiger partial charge in [0.15, 0.2) is 0 Å². The smallest absolute Gasteiger partial charge is 0.0467 e. The van der Waals surface area contributed by atoms with Gasteiger partial charge in [0.1, 0.15) is 0 Å². The third kappa shape index (κ3) is 2.90. The summed E-state index contributed by atoms with van der Waals surface area (Å²) in [6, 6.07) is 13.5. The Labute approximate surface area is 172 Å². The minimum atomic E-state index is 0.125. The Kier molecular flexibility index (Phi) is 5.06. The first-order chi connectivity index (χ1) is 12.5. The molecule has 2 aliphatic carbocycles. The topological polar surface area (TPSA) is 18.5 Å². The van der Waals surface area contributed by atoms with Crippen molar-refractivity contribution < 1.29 is 9.47 Å². The molecule has 0 aliphatic heterocycles. The van der Waals surface area contributed by atoms with Crippen LogP contribution in [0.5, 0.6) is 0 Å². The van der Waals surface area contributed by atoms with Gasteiger partial charge >= 0.3 is 0 Å². The fourth-order valence-corrected chi connectivity index (χ4v) is 5.89. The van der Waals surface area contributed by atoms with Gasteiger partial charge in [-0.25, -0.2) is 0 Å². The predicted octanol–water partition coefficient (Wildman–Crippen LogP) is 6.33.